The zero-order valence-corrected chi connectivity index (χ0v) is 19.5. The number of carbonyl (C=O) groups is 2. The van der Waals surface area contributed by atoms with E-state index in [-0.39, 0.29) is 24.6 Å². The number of aliphatic hydroxyl groups is 1. The van der Waals surface area contributed by atoms with Gasteiger partial charge in [-0.1, -0.05) is 6.07 Å². The van der Waals surface area contributed by atoms with Gasteiger partial charge in [0.15, 0.2) is 0 Å². The Morgan fingerprint density at radius 3 is 2.71 bits per heavy atom. The lowest BCUT2D eigenvalue weighted by molar-refractivity contribution is 0.0115. The molecule has 0 unspecified atom stereocenters. The topological polar surface area (TPSA) is 111 Å². The Kier molecular flexibility index (Phi) is 5.44. The highest BCUT2D eigenvalue weighted by Gasteiger charge is 2.55. The monoisotopic (exact) mass is 463 g/mol. The molecule has 0 bridgehead atoms. The van der Waals surface area contributed by atoms with Crippen LogP contribution in [0.2, 0.25) is 0 Å². The largest absolute Gasteiger partial charge is 0.497 e. The Balaban J connectivity index is 1.57. The molecule has 1 saturated heterocycles. The number of benzene rings is 1. The van der Waals surface area contributed by atoms with Gasteiger partial charge < -0.3 is 29.9 Å². The summed E-state index contributed by atoms with van der Waals surface area (Å²) in [6.45, 7) is 4.91. The number of nitrogens with zero attached hydrogens (tertiary/aromatic N) is 3. The zero-order valence-electron chi connectivity index (χ0n) is 19.5. The molecule has 9 nitrogen and oxygen atoms in total. The van der Waals surface area contributed by atoms with Crippen LogP contribution in [0, 0.1) is 0 Å². The summed E-state index contributed by atoms with van der Waals surface area (Å²) in [5.74, 6) is 0.590. The zero-order chi connectivity index (χ0) is 24.0. The molecule has 4 heterocycles. The van der Waals surface area contributed by atoms with Crippen LogP contribution in [0.4, 0.5) is 4.79 Å². The number of carbonyl (C=O) groups excluding carboxylic acids is 2. The molecule has 3 N–H and O–H groups in total. The van der Waals surface area contributed by atoms with Gasteiger partial charge in [-0.25, -0.2) is 4.79 Å². The molecule has 2 aliphatic rings. The molecule has 9 heteroatoms. The normalized spacial score (nSPS) is 18.7. The molecule has 0 saturated carbocycles. The quantitative estimate of drug-likeness (QED) is 0.550. The molecular formula is C25H29N5O4. The second-order valence-electron chi connectivity index (χ2n) is 9.41. The van der Waals surface area contributed by atoms with Gasteiger partial charge in [0.05, 0.1) is 25.2 Å². The minimum atomic E-state index is -0.515. The van der Waals surface area contributed by atoms with Gasteiger partial charge in [-0.2, -0.15) is 0 Å². The van der Waals surface area contributed by atoms with Crippen LogP contribution in [0.1, 0.15) is 41.6 Å². The molecule has 1 spiro atoms. The van der Waals surface area contributed by atoms with Crippen molar-refractivity contribution in [1.82, 2.24) is 25.1 Å². The first-order valence-corrected chi connectivity index (χ1v) is 11.5. The van der Waals surface area contributed by atoms with Crippen molar-refractivity contribution in [2.75, 3.05) is 33.4 Å². The molecule has 1 atom stereocenters. The summed E-state index contributed by atoms with van der Waals surface area (Å²) < 4.78 is 5.40. The highest BCUT2D eigenvalue weighted by atomic mass is 16.5. The number of H-pyrrole nitrogens is 1. The fraction of sp³-hybridized carbons (Fsp3) is 0.400. The maximum absolute atomic E-state index is 13.1. The van der Waals surface area contributed by atoms with E-state index in [1.165, 1.54) is 0 Å². The van der Waals surface area contributed by atoms with E-state index in [0.717, 1.165) is 27.9 Å². The van der Waals surface area contributed by atoms with Gasteiger partial charge >= 0.3 is 6.03 Å². The number of hydrogen-bond donors (Lipinski definition) is 3. The van der Waals surface area contributed by atoms with Crippen LogP contribution in [0.5, 0.6) is 5.75 Å². The van der Waals surface area contributed by atoms with Crippen molar-refractivity contribution in [3.63, 3.8) is 0 Å². The lowest BCUT2D eigenvalue weighted by Crippen LogP contribution is -2.68. The summed E-state index contributed by atoms with van der Waals surface area (Å²) in [5, 5.41) is 14.3. The fourth-order valence-corrected chi connectivity index (χ4v) is 5.29. The molecule has 3 amide bonds. The lowest BCUT2D eigenvalue weighted by atomic mass is 9.68. The van der Waals surface area contributed by atoms with Gasteiger partial charge in [-0.3, -0.25) is 9.78 Å². The average Bonchev–Trinajstić information content (AvgIpc) is 3.20. The first kappa shape index (κ1) is 22.2. The highest BCUT2D eigenvalue weighted by Crippen LogP contribution is 2.48. The molecule has 2 aliphatic heterocycles. The van der Waals surface area contributed by atoms with E-state index in [2.05, 4.69) is 15.3 Å². The lowest BCUT2D eigenvalue weighted by Gasteiger charge is -2.56. The van der Waals surface area contributed by atoms with Crippen molar-refractivity contribution in [1.29, 1.82) is 0 Å². The fourth-order valence-electron chi connectivity index (χ4n) is 5.29. The van der Waals surface area contributed by atoms with E-state index >= 15 is 0 Å². The number of aromatic amines is 1. The second-order valence-corrected chi connectivity index (χ2v) is 9.41. The van der Waals surface area contributed by atoms with E-state index in [1.807, 2.05) is 32.0 Å². The summed E-state index contributed by atoms with van der Waals surface area (Å²) in [4.78, 5) is 37.3. The van der Waals surface area contributed by atoms with Crippen LogP contribution < -0.4 is 10.1 Å². The maximum atomic E-state index is 13.1. The Hall–Kier alpha value is -3.59. The molecule has 0 aliphatic carbocycles. The first-order valence-electron chi connectivity index (χ1n) is 11.5. The smallest absolute Gasteiger partial charge is 0.318 e. The number of hydrogen-bond acceptors (Lipinski definition) is 5. The minimum absolute atomic E-state index is 0.0419. The van der Waals surface area contributed by atoms with Crippen LogP contribution >= 0.6 is 0 Å². The average molecular weight is 464 g/mol. The number of amides is 3. The molecule has 34 heavy (non-hydrogen) atoms. The second kappa shape index (κ2) is 8.32. The van der Waals surface area contributed by atoms with Gasteiger partial charge in [0.1, 0.15) is 11.4 Å². The number of urea groups is 1. The third-order valence-electron chi connectivity index (χ3n) is 6.75. The molecule has 2 aromatic heterocycles. The van der Waals surface area contributed by atoms with Gasteiger partial charge in [0, 0.05) is 54.5 Å². The summed E-state index contributed by atoms with van der Waals surface area (Å²) in [7, 11) is 1.62. The van der Waals surface area contributed by atoms with Crippen molar-refractivity contribution in [2.24, 2.45) is 0 Å². The van der Waals surface area contributed by atoms with Gasteiger partial charge in [0.2, 0.25) is 0 Å². The van der Waals surface area contributed by atoms with Crippen LogP contribution in [0.3, 0.4) is 0 Å². The molecule has 1 fully saturated rings. The van der Waals surface area contributed by atoms with Crippen LogP contribution in [-0.2, 0) is 5.41 Å². The predicted octanol–water partition coefficient (Wildman–Crippen LogP) is 2.43. The summed E-state index contributed by atoms with van der Waals surface area (Å²) in [6.07, 6.45) is 1.61. The van der Waals surface area contributed by atoms with E-state index in [4.69, 9.17) is 4.74 Å². The highest BCUT2D eigenvalue weighted by molar-refractivity contribution is 5.94. The van der Waals surface area contributed by atoms with Gasteiger partial charge in [-0.15, -0.1) is 0 Å². The van der Waals surface area contributed by atoms with Crippen LogP contribution in [-0.4, -0.2) is 76.2 Å². The van der Waals surface area contributed by atoms with Gasteiger partial charge in [-0.05, 0) is 43.7 Å². The molecule has 0 radical (unpaired) electrons. The van der Waals surface area contributed by atoms with E-state index in [1.54, 1.807) is 41.3 Å². The Bertz CT molecular complexity index is 1230. The van der Waals surface area contributed by atoms with Crippen molar-refractivity contribution in [3.8, 4) is 5.75 Å². The van der Waals surface area contributed by atoms with E-state index in [0.29, 0.717) is 25.3 Å². The standard InChI is InChI=1S/C25H29N5O4/c1-15(2)27-24(33)30-14-25(12-29(13-25)23(32)18-6-4-5-9-26-18)21-17-8-7-16(34-3)10-19(17)28-22(21)20(30)11-31/h4-10,15,20,28,31H,11-14H2,1-3H3,(H,27,33)/t20-/m0/s1. The third-order valence-corrected chi connectivity index (χ3v) is 6.75. The predicted molar refractivity (Wildman–Crippen MR) is 127 cm³/mol. The van der Waals surface area contributed by atoms with Crippen molar-refractivity contribution < 1.29 is 19.4 Å². The Labute approximate surface area is 197 Å². The van der Waals surface area contributed by atoms with Gasteiger partial charge in [0.25, 0.3) is 5.91 Å². The minimum Gasteiger partial charge on any atom is -0.497 e. The van der Waals surface area contributed by atoms with Crippen molar-refractivity contribution >= 4 is 22.8 Å². The van der Waals surface area contributed by atoms with E-state index in [9.17, 15) is 14.7 Å². The van der Waals surface area contributed by atoms with Crippen LogP contribution in [0.25, 0.3) is 10.9 Å². The van der Waals surface area contributed by atoms with Crippen LogP contribution in [0.15, 0.2) is 42.6 Å². The van der Waals surface area contributed by atoms with Crippen molar-refractivity contribution in [3.05, 3.63) is 59.5 Å². The molecular weight excluding hydrogens is 434 g/mol. The third kappa shape index (κ3) is 3.47. The number of nitrogens with one attached hydrogen (secondary N) is 2. The summed E-state index contributed by atoms with van der Waals surface area (Å²) in [5.41, 5.74) is 2.69. The summed E-state index contributed by atoms with van der Waals surface area (Å²) >= 11 is 0. The number of aliphatic hydroxyl groups excluding tert-OH is 1. The number of methoxy groups -OCH3 is 1. The van der Waals surface area contributed by atoms with Crippen molar-refractivity contribution in [2.45, 2.75) is 31.3 Å². The Morgan fingerprint density at radius 1 is 1.26 bits per heavy atom. The molecule has 178 valence electrons. The first-order chi connectivity index (χ1) is 16.4. The number of aromatic nitrogens is 2. The maximum Gasteiger partial charge on any atom is 0.318 e. The molecule has 5 rings (SSSR count). The number of likely N-dealkylation sites (tertiary alicyclic amines) is 1. The Morgan fingerprint density at radius 2 is 2.06 bits per heavy atom. The SMILES string of the molecule is COc1ccc2c3c([nH]c2c1)[C@H](CO)N(C(=O)NC(C)C)CC31CN(C(=O)c2ccccn2)C1. The number of fused-ring (bicyclic) bond motifs is 4. The number of ether oxygens (including phenoxy) is 1. The molecule has 3 aromatic rings. The molecule has 1 aromatic carbocycles. The number of rotatable bonds is 4. The van der Waals surface area contributed by atoms with E-state index < -0.39 is 11.5 Å². The summed E-state index contributed by atoms with van der Waals surface area (Å²) in [6, 6.07) is 10.3. The number of pyridine rings is 1.